The number of Topliss-reactive ketones (excluding diaryl/α,β-unsaturated/α-hetero) is 1. The predicted octanol–water partition coefficient (Wildman–Crippen LogP) is 4.54. The summed E-state index contributed by atoms with van der Waals surface area (Å²) in [7, 11) is 0. The number of allylic oxidation sites excluding steroid dienone is 5. The average Bonchev–Trinajstić information content (AvgIpc) is 2.35. The van der Waals surface area contributed by atoms with E-state index in [0.717, 1.165) is 18.4 Å². The maximum atomic E-state index is 11.4. The van der Waals surface area contributed by atoms with Gasteiger partial charge in [-0.05, 0) is 37.0 Å². The van der Waals surface area contributed by atoms with E-state index in [4.69, 9.17) is 0 Å². The third-order valence-electron chi connectivity index (χ3n) is 2.97. The Labute approximate surface area is 116 Å². The molecule has 0 radical (unpaired) electrons. The highest BCUT2D eigenvalue weighted by Gasteiger charge is 2.03. The molecule has 1 aliphatic heterocycles. The number of rotatable bonds is 7. The molecule has 0 saturated carbocycles. The molecule has 0 bridgehead atoms. The lowest BCUT2D eigenvalue weighted by molar-refractivity contribution is -0.111. The van der Waals surface area contributed by atoms with Crippen LogP contribution in [0.15, 0.2) is 46.8 Å². The van der Waals surface area contributed by atoms with E-state index < -0.39 is 0 Å². The van der Waals surface area contributed by atoms with Crippen molar-refractivity contribution in [3.05, 3.63) is 41.8 Å². The van der Waals surface area contributed by atoms with E-state index in [-0.39, 0.29) is 5.78 Å². The van der Waals surface area contributed by atoms with Crippen LogP contribution in [-0.2, 0) is 4.79 Å². The molecule has 0 amide bonds. The molecule has 0 aromatic rings. The number of nitrogens with zero attached hydrogens (tertiary/aromatic N) is 1. The fraction of sp³-hybridized carbons (Fsp3) is 0.471. The van der Waals surface area contributed by atoms with Crippen LogP contribution in [-0.4, -0.2) is 11.5 Å². The van der Waals surface area contributed by atoms with Gasteiger partial charge in [-0.1, -0.05) is 38.3 Å². The van der Waals surface area contributed by atoms with Gasteiger partial charge in [-0.3, -0.25) is 4.79 Å². The van der Waals surface area contributed by atoms with Crippen molar-refractivity contribution in [2.75, 3.05) is 0 Å². The molecule has 2 nitrogen and oxygen atoms in total. The van der Waals surface area contributed by atoms with E-state index in [2.05, 4.69) is 29.8 Å². The number of carbonyl (C=O) groups excluding carboxylic acids is 1. The first-order valence-electron chi connectivity index (χ1n) is 7.09. The Morgan fingerprint density at radius 2 is 2.26 bits per heavy atom. The van der Waals surface area contributed by atoms with Crippen LogP contribution in [0.3, 0.4) is 0 Å². The fourth-order valence-electron chi connectivity index (χ4n) is 1.84. The second kappa shape index (κ2) is 9.29. The summed E-state index contributed by atoms with van der Waals surface area (Å²) in [4.78, 5) is 15.5. The third kappa shape index (κ3) is 6.73. The summed E-state index contributed by atoms with van der Waals surface area (Å²) >= 11 is 0. The molecule has 0 spiro atoms. The maximum absolute atomic E-state index is 11.4. The van der Waals surface area contributed by atoms with Crippen molar-refractivity contribution in [2.45, 2.75) is 52.4 Å². The second-order valence-electron chi connectivity index (χ2n) is 4.75. The zero-order chi connectivity index (χ0) is 13.9. The van der Waals surface area contributed by atoms with Gasteiger partial charge in [-0.25, -0.2) is 4.99 Å². The Kier molecular flexibility index (Phi) is 7.53. The van der Waals surface area contributed by atoms with E-state index >= 15 is 0 Å². The van der Waals surface area contributed by atoms with E-state index in [0.29, 0.717) is 5.71 Å². The van der Waals surface area contributed by atoms with Crippen molar-refractivity contribution in [1.29, 1.82) is 0 Å². The van der Waals surface area contributed by atoms with Crippen LogP contribution in [0.2, 0.25) is 0 Å². The van der Waals surface area contributed by atoms with Gasteiger partial charge in [-0.15, -0.1) is 5.73 Å². The van der Waals surface area contributed by atoms with Crippen LogP contribution >= 0.6 is 0 Å². The van der Waals surface area contributed by atoms with Gasteiger partial charge in [0.25, 0.3) is 0 Å². The summed E-state index contributed by atoms with van der Waals surface area (Å²) in [6.45, 7) is 3.76. The zero-order valence-electron chi connectivity index (χ0n) is 12.0. The third-order valence-corrected chi connectivity index (χ3v) is 2.97. The molecule has 0 N–H and O–H groups in total. The molecular formula is C17H23NO. The quantitative estimate of drug-likeness (QED) is 0.486. The van der Waals surface area contributed by atoms with E-state index in [1.165, 1.54) is 25.7 Å². The second-order valence-corrected chi connectivity index (χ2v) is 4.75. The topological polar surface area (TPSA) is 29.4 Å². The standard InChI is InChI=1S/C17H23NO/c1-3-4-5-6-7-8-11-16-12-9-10-13-18-17(14-16)15(2)19/h8-9,11,13-14H,3-7,12H2,1-2H3/b11-8+,16-14-,18-17+. The molecule has 19 heavy (non-hydrogen) atoms. The van der Waals surface area contributed by atoms with Crippen LogP contribution < -0.4 is 0 Å². The lowest BCUT2D eigenvalue weighted by Crippen LogP contribution is -2.07. The summed E-state index contributed by atoms with van der Waals surface area (Å²) < 4.78 is 0. The van der Waals surface area contributed by atoms with Crippen molar-refractivity contribution in [1.82, 2.24) is 0 Å². The Morgan fingerprint density at radius 3 is 3.00 bits per heavy atom. The number of unbranched alkanes of at least 4 members (excludes halogenated alkanes) is 4. The summed E-state index contributed by atoms with van der Waals surface area (Å²) in [5, 5.41) is 0. The minimum atomic E-state index is -0.00574. The highest BCUT2D eigenvalue weighted by molar-refractivity contribution is 6.43. The molecule has 0 atom stereocenters. The number of carbonyl (C=O) groups is 1. The molecule has 1 rings (SSSR count). The van der Waals surface area contributed by atoms with Crippen molar-refractivity contribution in [2.24, 2.45) is 4.99 Å². The molecular weight excluding hydrogens is 234 g/mol. The van der Waals surface area contributed by atoms with Gasteiger partial charge in [0, 0.05) is 6.92 Å². The van der Waals surface area contributed by atoms with Gasteiger partial charge in [0.15, 0.2) is 5.78 Å². The molecule has 0 aromatic carbocycles. The van der Waals surface area contributed by atoms with Gasteiger partial charge in [0.2, 0.25) is 0 Å². The number of hydrogen-bond acceptors (Lipinski definition) is 2. The Morgan fingerprint density at radius 1 is 1.42 bits per heavy atom. The van der Waals surface area contributed by atoms with Crippen LogP contribution in [0.25, 0.3) is 0 Å². The van der Waals surface area contributed by atoms with Crippen molar-refractivity contribution < 1.29 is 4.79 Å². The molecule has 0 aromatic heterocycles. The number of hydrogen-bond donors (Lipinski definition) is 0. The molecule has 0 unspecified atom stereocenters. The van der Waals surface area contributed by atoms with Crippen molar-refractivity contribution >= 4 is 11.5 Å². The largest absolute Gasteiger partial charge is 0.293 e. The number of ketones is 1. The average molecular weight is 257 g/mol. The minimum Gasteiger partial charge on any atom is -0.293 e. The smallest absolute Gasteiger partial charge is 0.178 e. The SMILES string of the molecule is CCCCCC/C=C/C1=C/C(C(C)=O)=N\C=C=CC1. The van der Waals surface area contributed by atoms with Crippen LogP contribution in [0, 0.1) is 0 Å². The fourth-order valence-corrected chi connectivity index (χ4v) is 1.84. The van der Waals surface area contributed by atoms with Crippen molar-refractivity contribution in [3.63, 3.8) is 0 Å². The normalized spacial score (nSPS) is 20.5. The molecule has 0 aliphatic carbocycles. The molecule has 0 fully saturated rings. The first-order valence-corrected chi connectivity index (χ1v) is 7.09. The number of aliphatic imine (C=N–C) groups is 1. The first kappa shape index (κ1) is 15.4. The van der Waals surface area contributed by atoms with Gasteiger partial charge >= 0.3 is 0 Å². The van der Waals surface area contributed by atoms with Gasteiger partial charge in [0.1, 0.15) is 5.71 Å². The van der Waals surface area contributed by atoms with Crippen LogP contribution in [0.1, 0.15) is 52.4 Å². The van der Waals surface area contributed by atoms with Gasteiger partial charge < -0.3 is 0 Å². The molecule has 102 valence electrons. The Bertz CT molecular complexity index is 446. The Hall–Kier alpha value is -1.66. The molecule has 1 aliphatic rings. The minimum absolute atomic E-state index is 0.00574. The summed E-state index contributed by atoms with van der Waals surface area (Å²) in [6.07, 6.45) is 16.7. The van der Waals surface area contributed by atoms with Crippen LogP contribution in [0.5, 0.6) is 0 Å². The van der Waals surface area contributed by atoms with E-state index in [1.54, 1.807) is 13.1 Å². The van der Waals surface area contributed by atoms with Crippen molar-refractivity contribution in [3.8, 4) is 0 Å². The van der Waals surface area contributed by atoms with E-state index in [9.17, 15) is 4.79 Å². The highest BCUT2D eigenvalue weighted by Crippen LogP contribution is 2.10. The maximum Gasteiger partial charge on any atom is 0.178 e. The molecule has 0 saturated heterocycles. The van der Waals surface area contributed by atoms with E-state index in [1.807, 2.05) is 12.2 Å². The van der Waals surface area contributed by atoms with Gasteiger partial charge in [0.05, 0.1) is 6.20 Å². The van der Waals surface area contributed by atoms with Gasteiger partial charge in [-0.2, -0.15) is 0 Å². The zero-order valence-corrected chi connectivity index (χ0v) is 12.0. The Balaban J connectivity index is 2.56. The molecule has 1 heterocycles. The summed E-state index contributed by atoms with van der Waals surface area (Å²) in [5.74, 6) is -0.00574. The molecule has 2 heteroatoms. The summed E-state index contributed by atoms with van der Waals surface area (Å²) in [5.41, 5.74) is 4.58. The lowest BCUT2D eigenvalue weighted by Gasteiger charge is -2.01. The lowest BCUT2D eigenvalue weighted by atomic mass is 10.1. The first-order chi connectivity index (χ1) is 9.24. The monoisotopic (exact) mass is 257 g/mol. The summed E-state index contributed by atoms with van der Waals surface area (Å²) in [6, 6.07) is 0. The highest BCUT2D eigenvalue weighted by atomic mass is 16.1. The van der Waals surface area contributed by atoms with Crippen LogP contribution in [0.4, 0.5) is 0 Å². The predicted molar refractivity (Wildman–Crippen MR) is 81.4 cm³/mol.